The van der Waals surface area contributed by atoms with E-state index < -0.39 is 0 Å². The quantitative estimate of drug-likeness (QED) is 0.0890. The maximum Gasteiger partial charge on any atom is 0.0540 e. The molecule has 0 N–H and O–H groups in total. The summed E-state index contributed by atoms with van der Waals surface area (Å²) in [6.07, 6.45) is 8.35. The minimum Gasteiger partial charge on any atom is -0.317 e. The van der Waals surface area contributed by atoms with Gasteiger partial charge in [0.05, 0.1) is 5.69 Å². The molecule has 0 heterocycles. The molecule has 0 atom stereocenters. The van der Waals surface area contributed by atoms with Crippen LogP contribution in [0.5, 0.6) is 0 Å². The van der Waals surface area contributed by atoms with Gasteiger partial charge >= 0.3 is 0 Å². The molecule has 0 radical (unpaired) electrons. The van der Waals surface area contributed by atoms with Gasteiger partial charge in [-0.1, -0.05) is 233 Å². The third kappa shape index (κ3) is 8.43. The number of nitrogens with zero attached hydrogens (tertiary/aromatic N) is 2. The van der Waals surface area contributed by atoms with Gasteiger partial charge in [0.25, 0.3) is 0 Å². The zero-order valence-electron chi connectivity index (χ0n) is 41.2. The lowest BCUT2D eigenvalue weighted by molar-refractivity contribution is 0.660. The summed E-state index contributed by atoms with van der Waals surface area (Å²) in [5.74, 6) is 0. The highest BCUT2D eigenvalue weighted by atomic mass is 15.1. The summed E-state index contributed by atoms with van der Waals surface area (Å²) in [5.41, 5.74) is 20.0. The average molecular weight is 935 g/mol. The molecule has 0 bridgehead atoms. The van der Waals surface area contributed by atoms with Crippen LogP contribution in [0.1, 0.15) is 30.5 Å². The van der Waals surface area contributed by atoms with Gasteiger partial charge in [-0.25, -0.2) is 0 Å². The van der Waals surface area contributed by atoms with Gasteiger partial charge < -0.3 is 9.80 Å². The molecule has 0 fully saturated rings. The lowest BCUT2D eigenvalue weighted by atomic mass is 9.82. The van der Waals surface area contributed by atoms with E-state index >= 15 is 0 Å². The average Bonchev–Trinajstić information content (AvgIpc) is 3.68. The number of hydrogen-bond acceptors (Lipinski definition) is 2. The monoisotopic (exact) mass is 934 g/mol. The van der Waals surface area contributed by atoms with Gasteiger partial charge in [-0.2, -0.15) is 0 Å². The Bertz CT molecular complexity index is 3850. The summed E-state index contributed by atoms with van der Waals surface area (Å²) in [6, 6.07) is 92.6. The van der Waals surface area contributed by atoms with Crippen molar-refractivity contribution >= 4 is 55.6 Å². The van der Waals surface area contributed by atoms with Gasteiger partial charge in [-0.15, -0.1) is 0 Å². The van der Waals surface area contributed by atoms with E-state index in [0.717, 1.165) is 45.1 Å². The smallest absolute Gasteiger partial charge is 0.0540 e. The van der Waals surface area contributed by atoms with Crippen molar-refractivity contribution in [2.45, 2.75) is 19.3 Å². The largest absolute Gasteiger partial charge is 0.317 e. The predicted octanol–water partition coefficient (Wildman–Crippen LogP) is 19.7. The molecule has 11 aromatic rings. The van der Waals surface area contributed by atoms with Crippen LogP contribution in [0.15, 0.2) is 286 Å². The zero-order chi connectivity index (χ0) is 49.3. The van der Waals surface area contributed by atoms with Crippen LogP contribution in [-0.2, 0) is 5.41 Å². The summed E-state index contributed by atoms with van der Waals surface area (Å²) < 4.78 is 0. The number of hydrogen-bond donors (Lipinski definition) is 0. The standard InChI is InChI=1S/C71H54N2/c1-4-18-50(51-19-8-5-9-20-51)47-48-72(58-36-29-54(30-37-58)52-21-10-6-11-22-52)69-46-45-62(66-43-35-56-25-14-15-26-63(56)70(66)69)57-33-40-60(41-34-57)73(59-38-31-55(32-39-59)53-23-12-7-13-24-53)61-42-44-65-64-27-16-17-28-67(64)71(2,3)68(65)49-61/h4-49H,1H2,2-3H3/b48-47-,50-18+. The first kappa shape index (κ1) is 44.9. The van der Waals surface area contributed by atoms with Gasteiger partial charge in [-0.05, 0) is 144 Å². The molecule has 1 aliphatic rings. The van der Waals surface area contributed by atoms with Crippen molar-refractivity contribution < 1.29 is 0 Å². The Balaban J connectivity index is 0.984. The Morgan fingerprint density at radius 2 is 0.932 bits per heavy atom. The van der Waals surface area contributed by atoms with E-state index in [2.05, 4.69) is 303 Å². The number of allylic oxidation sites excluding steroid dienone is 4. The molecule has 0 spiro atoms. The fourth-order valence-electron chi connectivity index (χ4n) is 11.0. The van der Waals surface area contributed by atoms with Crippen LogP contribution in [0.25, 0.3) is 71.6 Å². The summed E-state index contributed by atoms with van der Waals surface area (Å²) in [7, 11) is 0. The summed E-state index contributed by atoms with van der Waals surface area (Å²) in [6.45, 7) is 8.79. The molecule has 348 valence electrons. The Hall–Kier alpha value is -9.24. The predicted molar refractivity (Wildman–Crippen MR) is 312 cm³/mol. The Morgan fingerprint density at radius 3 is 1.59 bits per heavy atom. The number of fused-ring (bicyclic) bond motifs is 6. The van der Waals surface area contributed by atoms with Gasteiger partial charge in [0.15, 0.2) is 0 Å². The number of benzene rings is 11. The van der Waals surface area contributed by atoms with Crippen molar-refractivity contribution in [3.05, 3.63) is 302 Å². The summed E-state index contributed by atoms with van der Waals surface area (Å²) in [5, 5.41) is 4.76. The van der Waals surface area contributed by atoms with E-state index in [0.29, 0.717) is 0 Å². The molecule has 2 nitrogen and oxygen atoms in total. The molecule has 0 saturated carbocycles. The maximum atomic E-state index is 4.08. The maximum absolute atomic E-state index is 4.08. The number of anilines is 5. The summed E-state index contributed by atoms with van der Waals surface area (Å²) in [4.78, 5) is 4.75. The molecule has 1 aliphatic carbocycles. The molecular formula is C71H54N2. The topological polar surface area (TPSA) is 6.48 Å². The van der Waals surface area contributed by atoms with Crippen molar-refractivity contribution in [2.24, 2.45) is 0 Å². The fourth-order valence-corrected chi connectivity index (χ4v) is 11.0. The Kier molecular flexibility index (Phi) is 11.8. The molecule has 2 heteroatoms. The van der Waals surface area contributed by atoms with Crippen LogP contribution in [-0.4, -0.2) is 0 Å². The highest BCUT2D eigenvalue weighted by Crippen LogP contribution is 2.51. The van der Waals surface area contributed by atoms with Crippen molar-refractivity contribution in [2.75, 3.05) is 9.80 Å². The minimum absolute atomic E-state index is 0.129. The van der Waals surface area contributed by atoms with Crippen molar-refractivity contribution in [3.8, 4) is 44.5 Å². The highest BCUT2D eigenvalue weighted by Gasteiger charge is 2.35. The molecule has 11 aromatic carbocycles. The van der Waals surface area contributed by atoms with Crippen LogP contribution in [0.4, 0.5) is 28.4 Å². The van der Waals surface area contributed by atoms with Gasteiger partial charge in [0.2, 0.25) is 0 Å². The van der Waals surface area contributed by atoms with E-state index in [-0.39, 0.29) is 5.41 Å². The van der Waals surface area contributed by atoms with Crippen LogP contribution in [0.2, 0.25) is 0 Å². The molecular weight excluding hydrogens is 881 g/mol. The first-order valence-electron chi connectivity index (χ1n) is 25.2. The first-order chi connectivity index (χ1) is 35.9. The molecule has 73 heavy (non-hydrogen) atoms. The zero-order valence-corrected chi connectivity index (χ0v) is 41.2. The van der Waals surface area contributed by atoms with Crippen molar-refractivity contribution in [1.29, 1.82) is 0 Å². The fraction of sp³-hybridized carbons (Fsp3) is 0.0423. The normalized spacial score (nSPS) is 12.7. The van der Waals surface area contributed by atoms with E-state index in [4.69, 9.17) is 0 Å². The third-order valence-electron chi connectivity index (χ3n) is 14.7. The van der Waals surface area contributed by atoms with Crippen molar-refractivity contribution in [3.63, 3.8) is 0 Å². The van der Waals surface area contributed by atoms with Gasteiger partial charge in [-0.3, -0.25) is 0 Å². The molecule has 0 aromatic heterocycles. The third-order valence-corrected chi connectivity index (χ3v) is 14.7. The Morgan fingerprint density at radius 1 is 0.411 bits per heavy atom. The summed E-state index contributed by atoms with van der Waals surface area (Å²) >= 11 is 0. The first-order valence-corrected chi connectivity index (χ1v) is 25.2. The van der Waals surface area contributed by atoms with Crippen LogP contribution in [0, 0.1) is 0 Å². The van der Waals surface area contributed by atoms with Crippen molar-refractivity contribution in [1.82, 2.24) is 0 Å². The van der Waals surface area contributed by atoms with E-state index in [9.17, 15) is 0 Å². The lowest BCUT2D eigenvalue weighted by Crippen LogP contribution is -2.16. The molecule has 0 amide bonds. The minimum atomic E-state index is -0.129. The van der Waals surface area contributed by atoms with Gasteiger partial charge in [0, 0.05) is 39.8 Å². The second-order valence-electron chi connectivity index (χ2n) is 19.4. The Labute approximate surface area is 429 Å². The van der Waals surface area contributed by atoms with E-state index in [1.165, 1.54) is 71.6 Å². The molecule has 0 saturated heterocycles. The molecule has 12 rings (SSSR count). The van der Waals surface area contributed by atoms with Gasteiger partial charge in [0.1, 0.15) is 0 Å². The van der Waals surface area contributed by atoms with Crippen LogP contribution in [0.3, 0.4) is 0 Å². The SMILES string of the molecule is C=C/C=C(\C=C/N(c1ccc(-c2ccccc2)cc1)c1ccc(-c2ccc(N(c3ccc(-c4ccccc4)cc3)c3ccc4c(c3)C(C)(C)c3ccccc3-4)cc2)c2ccc3ccccc3c12)c1ccccc1. The van der Waals surface area contributed by atoms with Crippen LogP contribution < -0.4 is 9.80 Å². The van der Waals surface area contributed by atoms with E-state index in [1.54, 1.807) is 0 Å². The molecule has 0 aliphatic heterocycles. The number of rotatable bonds is 12. The second kappa shape index (κ2) is 19.2. The van der Waals surface area contributed by atoms with Crippen LogP contribution >= 0.6 is 0 Å². The van der Waals surface area contributed by atoms with E-state index in [1.807, 2.05) is 6.08 Å². The lowest BCUT2D eigenvalue weighted by Gasteiger charge is -2.28. The highest BCUT2D eigenvalue weighted by molar-refractivity contribution is 6.18. The molecule has 0 unspecified atom stereocenters. The second-order valence-corrected chi connectivity index (χ2v) is 19.4.